The van der Waals surface area contributed by atoms with E-state index in [4.69, 9.17) is 4.74 Å². The minimum Gasteiger partial charge on any atom is -0.378 e. The van der Waals surface area contributed by atoms with Crippen molar-refractivity contribution in [1.29, 1.82) is 0 Å². The second kappa shape index (κ2) is 6.85. The van der Waals surface area contributed by atoms with Gasteiger partial charge in [0.25, 0.3) is 5.91 Å². The van der Waals surface area contributed by atoms with Crippen molar-refractivity contribution in [3.8, 4) is 0 Å². The number of aromatic nitrogens is 2. The van der Waals surface area contributed by atoms with E-state index in [2.05, 4.69) is 31.2 Å². The van der Waals surface area contributed by atoms with Crippen molar-refractivity contribution < 1.29 is 9.53 Å². The van der Waals surface area contributed by atoms with Crippen molar-refractivity contribution in [3.63, 3.8) is 0 Å². The Morgan fingerprint density at radius 2 is 1.95 bits per heavy atom. The molecule has 1 aromatic carbocycles. The third-order valence-corrected chi connectivity index (χ3v) is 3.77. The molecule has 1 saturated heterocycles. The van der Waals surface area contributed by atoms with E-state index < -0.39 is 0 Å². The number of ether oxygens (including phenoxy) is 1. The van der Waals surface area contributed by atoms with Crippen molar-refractivity contribution in [2.24, 2.45) is 0 Å². The number of nitrogens with zero attached hydrogens (tertiary/aromatic N) is 3. The summed E-state index contributed by atoms with van der Waals surface area (Å²) in [4.78, 5) is 22.4. The summed E-state index contributed by atoms with van der Waals surface area (Å²) in [6.07, 6.45) is 3.09. The largest absolute Gasteiger partial charge is 0.378 e. The first kappa shape index (κ1) is 14.9. The van der Waals surface area contributed by atoms with E-state index >= 15 is 0 Å². The highest BCUT2D eigenvalue weighted by Gasteiger charge is 2.19. The summed E-state index contributed by atoms with van der Waals surface area (Å²) in [7, 11) is 0. The van der Waals surface area contributed by atoms with Gasteiger partial charge >= 0.3 is 0 Å². The molecule has 7 heteroatoms. The van der Waals surface area contributed by atoms with Gasteiger partial charge in [-0.1, -0.05) is 22.0 Å². The van der Waals surface area contributed by atoms with Gasteiger partial charge in [-0.05, 0) is 18.2 Å². The summed E-state index contributed by atoms with van der Waals surface area (Å²) in [5, 5.41) is 3.09. The van der Waals surface area contributed by atoms with Crippen LogP contribution in [-0.4, -0.2) is 47.1 Å². The molecule has 1 aromatic heterocycles. The molecule has 2 aromatic rings. The molecular weight excluding hydrogens is 348 g/mol. The molecule has 1 N–H and O–H groups in total. The number of morpholine rings is 1. The van der Waals surface area contributed by atoms with Crippen molar-refractivity contribution in [2.75, 3.05) is 31.6 Å². The number of anilines is 2. The van der Waals surface area contributed by atoms with Crippen LogP contribution in [-0.2, 0) is 4.74 Å². The van der Waals surface area contributed by atoms with Crippen LogP contribution >= 0.6 is 15.9 Å². The SMILES string of the molecule is O=C(c1cnc(Nc2cccc(Br)c2)nc1)N1CCOCC1. The van der Waals surface area contributed by atoms with Gasteiger partial charge in [0.2, 0.25) is 5.95 Å². The van der Waals surface area contributed by atoms with Crippen LogP contribution in [0, 0.1) is 0 Å². The van der Waals surface area contributed by atoms with Crippen molar-refractivity contribution >= 4 is 33.5 Å². The van der Waals surface area contributed by atoms with Crippen molar-refractivity contribution in [2.45, 2.75) is 0 Å². The first-order valence-electron chi connectivity index (χ1n) is 6.94. The monoisotopic (exact) mass is 362 g/mol. The molecule has 1 fully saturated rings. The summed E-state index contributed by atoms with van der Waals surface area (Å²) in [5.41, 5.74) is 1.36. The van der Waals surface area contributed by atoms with E-state index in [0.29, 0.717) is 37.8 Å². The fraction of sp³-hybridized carbons (Fsp3) is 0.267. The Labute approximate surface area is 136 Å². The molecule has 1 amide bonds. The molecule has 114 valence electrons. The molecule has 1 aliphatic rings. The molecule has 0 unspecified atom stereocenters. The smallest absolute Gasteiger partial charge is 0.257 e. The van der Waals surface area contributed by atoms with Crippen LogP contribution < -0.4 is 5.32 Å². The van der Waals surface area contributed by atoms with Gasteiger partial charge in [-0.3, -0.25) is 4.79 Å². The van der Waals surface area contributed by atoms with E-state index in [1.54, 1.807) is 17.3 Å². The topological polar surface area (TPSA) is 67.4 Å². The van der Waals surface area contributed by atoms with Gasteiger partial charge in [0, 0.05) is 35.6 Å². The number of rotatable bonds is 3. The lowest BCUT2D eigenvalue weighted by Crippen LogP contribution is -2.40. The summed E-state index contributed by atoms with van der Waals surface area (Å²) < 4.78 is 6.21. The summed E-state index contributed by atoms with van der Waals surface area (Å²) >= 11 is 3.41. The number of benzene rings is 1. The number of carbonyl (C=O) groups is 1. The maximum absolute atomic E-state index is 12.3. The quantitative estimate of drug-likeness (QED) is 0.908. The van der Waals surface area contributed by atoms with Crippen molar-refractivity contribution in [1.82, 2.24) is 14.9 Å². The first-order valence-corrected chi connectivity index (χ1v) is 7.73. The Balaban J connectivity index is 1.68. The average molecular weight is 363 g/mol. The third-order valence-electron chi connectivity index (χ3n) is 3.28. The Kier molecular flexibility index (Phi) is 4.65. The van der Waals surface area contributed by atoms with Crippen LogP contribution in [0.5, 0.6) is 0 Å². The molecule has 0 aliphatic carbocycles. The first-order chi connectivity index (χ1) is 10.7. The lowest BCUT2D eigenvalue weighted by molar-refractivity contribution is 0.0302. The molecule has 22 heavy (non-hydrogen) atoms. The molecule has 6 nitrogen and oxygen atoms in total. The van der Waals surface area contributed by atoms with E-state index in [0.717, 1.165) is 10.2 Å². The highest BCUT2D eigenvalue weighted by molar-refractivity contribution is 9.10. The molecule has 2 heterocycles. The predicted molar refractivity (Wildman–Crippen MR) is 86.2 cm³/mol. The van der Waals surface area contributed by atoms with Gasteiger partial charge in [0.15, 0.2) is 0 Å². The Morgan fingerprint density at radius 3 is 2.64 bits per heavy atom. The van der Waals surface area contributed by atoms with Gasteiger partial charge in [0.05, 0.1) is 18.8 Å². The Bertz CT molecular complexity index is 657. The normalized spacial score (nSPS) is 14.7. The third kappa shape index (κ3) is 3.61. The standard InChI is InChI=1S/C15H15BrN4O2/c16-12-2-1-3-13(8-12)19-15-17-9-11(10-18-15)14(21)20-4-6-22-7-5-20/h1-3,8-10H,4-7H2,(H,17,18,19). The number of nitrogens with one attached hydrogen (secondary N) is 1. The lowest BCUT2D eigenvalue weighted by Gasteiger charge is -2.26. The zero-order chi connectivity index (χ0) is 15.4. The Hall–Kier alpha value is -1.99. The molecule has 0 bridgehead atoms. The summed E-state index contributed by atoms with van der Waals surface area (Å²) in [6, 6.07) is 7.70. The van der Waals surface area contributed by atoms with E-state index in [1.165, 1.54) is 0 Å². The number of amides is 1. The van der Waals surface area contributed by atoms with Crippen LogP contribution in [0.1, 0.15) is 10.4 Å². The maximum atomic E-state index is 12.3. The summed E-state index contributed by atoms with van der Waals surface area (Å²) in [6.45, 7) is 2.37. The van der Waals surface area contributed by atoms with Gasteiger partial charge in [-0.2, -0.15) is 0 Å². The van der Waals surface area contributed by atoms with Crippen LogP contribution in [0.4, 0.5) is 11.6 Å². The van der Waals surface area contributed by atoms with Crippen LogP contribution in [0.3, 0.4) is 0 Å². The molecule has 0 radical (unpaired) electrons. The molecular formula is C15H15BrN4O2. The maximum Gasteiger partial charge on any atom is 0.257 e. The number of hydrogen-bond donors (Lipinski definition) is 1. The highest BCUT2D eigenvalue weighted by atomic mass is 79.9. The van der Waals surface area contributed by atoms with Crippen LogP contribution in [0.25, 0.3) is 0 Å². The number of hydrogen-bond acceptors (Lipinski definition) is 5. The van der Waals surface area contributed by atoms with Gasteiger partial charge in [0.1, 0.15) is 0 Å². The fourth-order valence-corrected chi connectivity index (χ4v) is 2.55. The zero-order valence-corrected chi connectivity index (χ0v) is 13.4. The second-order valence-corrected chi connectivity index (χ2v) is 5.75. The average Bonchev–Trinajstić information content (AvgIpc) is 2.56. The lowest BCUT2D eigenvalue weighted by atomic mass is 10.3. The van der Waals surface area contributed by atoms with E-state index in [9.17, 15) is 4.79 Å². The predicted octanol–water partition coefficient (Wildman–Crippen LogP) is 2.46. The zero-order valence-electron chi connectivity index (χ0n) is 11.8. The van der Waals surface area contributed by atoms with Crippen LogP contribution in [0.2, 0.25) is 0 Å². The Morgan fingerprint density at radius 1 is 1.23 bits per heavy atom. The summed E-state index contributed by atoms with van der Waals surface area (Å²) in [5.74, 6) is 0.397. The molecule has 0 atom stereocenters. The minimum absolute atomic E-state index is 0.0581. The molecule has 0 saturated carbocycles. The van der Waals surface area contributed by atoms with Gasteiger partial charge < -0.3 is 15.0 Å². The van der Waals surface area contributed by atoms with Crippen LogP contribution in [0.15, 0.2) is 41.1 Å². The molecule has 1 aliphatic heterocycles. The molecule has 0 spiro atoms. The van der Waals surface area contributed by atoms with Gasteiger partial charge in [-0.15, -0.1) is 0 Å². The number of halogens is 1. The second-order valence-electron chi connectivity index (χ2n) is 4.84. The minimum atomic E-state index is -0.0581. The fourth-order valence-electron chi connectivity index (χ4n) is 2.15. The highest BCUT2D eigenvalue weighted by Crippen LogP contribution is 2.18. The van der Waals surface area contributed by atoms with Crippen molar-refractivity contribution in [3.05, 3.63) is 46.7 Å². The van der Waals surface area contributed by atoms with E-state index in [1.807, 2.05) is 24.3 Å². The molecule has 3 rings (SSSR count). The number of carbonyl (C=O) groups excluding carboxylic acids is 1. The van der Waals surface area contributed by atoms with Gasteiger partial charge in [-0.25, -0.2) is 9.97 Å². The van der Waals surface area contributed by atoms with E-state index in [-0.39, 0.29) is 5.91 Å².